The Labute approximate surface area is 121 Å². The molecule has 22 heavy (non-hydrogen) atoms. The number of hydrogen-bond acceptors (Lipinski definition) is 6. The normalized spacial score (nSPS) is 28.4. The summed E-state index contributed by atoms with van der Waals surface area (Å²) < 4.78 is 31.5. The zero-order valence-corrected chi connectivity index (χ0v) is 11.0. The van der Waals surface area contributed by atoms with Crippen molar-refractivity contribution >= 4 is 11.0 Å². The number of rotatable bonds is 2. The van der Waals surface area contributed by atoms with Crippen LogP contribution in [0.1, 0.15) is 11.7 Å². The molecular formula is C13H12F2N2O5. The van der Waals surface area contributed by atoms with E-state index in [0.29, 0.717) is 0 Å². The van der Waals surface area contributed by atoms with Gasteiger partial charge in [-0.25, -0.2) is 4.39 Å². The molecule has 1 aliphatic heterocycles. The maximum Gasteiger partial charge on any atom is 0.255 e. The number of H-pyrrole nitrogens is 1. The minimum absolute atomic E-state index is 0.0807. The van der Waals surface area contributed by atoms with Crippen LogP contribution in [0.2, 0.25) is 0 Å². The van der Waals surface area contributed by atoms with E-state index in [9.17, 15) is 23.8 Å². The molecule has 9 heteroatoms. The van der Waals surface area contributed by atoms with Crippen LogP contribution >= 0.6 is 0 Å². The first kappa shape index (κ1) is 15.0. The number of fused-ring (bicyclic) bond motifs is 1. The second-order valence-corrected chi connectivity index (χ2v) is 5.01. The predicted molar refractivity (Wildman–Crippen MR) is 69.0 cm³/mol. The summed E-state index contributed by atoms with van der Waals surface area (Å²) in [5.74, 6) is -2.53. The summed E-state index contributed by atoms with van der Waals surface area (Å²) in [6.45, 7) is -0.540. The monoisotopic (exact) mass is 314 g/mol. The Bertz CT molecular complexity index is 781. The molecule has 118 valence electrons. The molecule has 1 fully saturated rings. The molecule has 2 aromatic heterocycles. The van der Waals surface area contributed by atoms with Gasteiger partial charge in [0.2, 0.25) is 0 Å². The summed E-state index contributed by atoms with van der Waals surface area (Å²) in [5.41, 5.74) is -0.956. The van der Waals surface area contributed by atoms with Gasteiger partial charge in [0.05, 0.1) is 6.61 Å². The summed E-state index contributed by atoms with van der Waals surface area (Å²) in [4.78, 5) is 17.6. The third-order valence-electron chi connectivity index (χ3n) is 3.62. The van der Waals surface area contributed by atoms with E-state index in [1.807, 2.05) is 0 Å². The van der Waals surface area contributed by atoms with Crippen molar-refractivity contribution in [3.05, 3.63) is 39.8 Å². The van der Waals surface area contributed by atoms with E-state index in [1.165, 1.54) is 6.07 Å². The average molecular weight is 314 g/mol. The van der Waals surface area contributed by atoms with Crippen molar-refractivity contribution in [2.75, 3.05) is 6.61 Å². The lowest BCUT2D eigenvalue weighted by atomic mass is 10.0. The van der Waals surface area contributed by atoms with Crippen LogP contribution in [0.3, 0.4) is 0 Å². The molecule has 0 bridgehead atoms. The second kappa shape index (κ2) is 5.36. The molecular weight excluding hydrogens is 302 g/mol. The summed E-state index contributed by atoms with van der Waals surface area (Å²) in [6, 6.07) is 2.04. The van der Waals surface area contributed by atoms with Gasteiger partial charge in [-0.3, -0.25) is 4.79 Å². The van der Waals surface area contributed by atoms with Gasteiger partial charge in [-0.1, -0.05) is 0 Å². The third-order valence-corrected chi connectivity index (χ3v) is 3.62. The fourth-order valence-corrected chi connectivity index (χ4v) is 2.47. The van der Waals surface area contributed by atoms with Gasteiger partial charge in [0.25, 0.3) is 11.5 Å². The van der Waals surface area contributed by atoms with E-state index in [4.69, 9.17) is 9.84 Å². The molecule has 7 nitrogen and oxygen atoms in total. The van der Waals surface area contributed by atoms with Gasteiger partial charge in [0.1, 0.15) is 30.1 Å². The van der Waals surface area contributed by atoms with Gasteiger partial charge in [0, 0.05) is 10.9 Å². The largest absolute Gasteiger partial charge is 0.394 e. The summed E-state index contributed by atoms with van der Waals surface area (Å²) in [7, 11) is 0. The van der Waals surface area contributed by atoms with Gasteiger partial charge < -0.3 is 25.0 Å². The lowest BCUT2D eigenvalue weighted by Crippen LogP contribution is -2.33. The number of aromatic amines is 1. The van der Waals surface area contributed by atoms with Crippen LogP contribution in [0.15, 0.2) is 16.9 Å². The summed E-state index contributed by atoms with van der Waals surface area (Å²) >= 11 is 0. The first-order chi connectivity index (χ1) is 10.4. The van der Waals surface area contributed by atoms with E-state index < -0.39 is 48.3 Å². The van der Waals surface area contributed by atoms with E-state index >= 15 is 0 Å². The number of pyridine rings is 2. The van der Waals surface area contributed by atoms with Crippen molar-refractivity contribution in [1.29, 1.82) is 0 Å². The fraction of sp³-hybridized carbons (Fsp3) is 0.385. The molecule has 0 aliphatic carbocycles. The molecule has 0 spiro atoms. The first-order valence-corrected chi connectivity index (χ1v) is 6.43. The van der Waals surface area contributed by atoms with Gasteiger partial charge >= 0.3 is 0 Å². The number of aliphatic hydroxyl groups is 3. The molecule has 4 N–H and O–H groups in total. The maximum absolute atomic E-state index is 13.2. The molecule has 2 unspecified atom stereocenters. The average Bonchev–Trinajstić information content (AvgIpc) is 2.76. The van der Waals surface area contributed by atoms with E-state index in [1.54, 1.807) is 0 Å². The Balaban J connectivity index is 2.10. The molecule has 0 saturated carbocycles. The van der Waals surface area contributed by atoms with Gasteiger partial charge in [-0.15, -0.1) is 0 Å². The minimum atomic E-state index is -1.44. The lowest BCUT2D eigenvalue weighted by Gasteiger charge is -2.14. The Morgan fingerprint density at radius 1 is 1.27 bits per heavy atom. The topological polar surface area (TPSA) is 116 Å². The van der Waals surface area contributed by atoms with Crippen molar-refractivity contribution in [3.63, 3.8) is 0 Å². The molecule has 0 amide bonds. The Morgan fingerprint density at radius 2 is 2.00 bits per heavy atom. The van der Waals surface area contributed by atoms with Gasteiger partial charge in [-0.2, -0.15) is 9.37 Å². The SMILES string of the molecule is O=c1[nH]c2nc(F)c(F)cc2cc1[C@@H]1O[C@H](CO)C(O)C1O. The zero-order chi connectivity index (χ0) is 16.0. The standard InChI is InChI=1S/C13H12F2N2O5/c14-6-2-4-1-5(13(21)17-12(4)16-11(6)15)10-9(20)8(19)7(3-18)22-10/h1-2,7-10,18-20H,3H2,(H,16,17,21)/t7-,8?,9?,10+/m1/s1. The van der Waals surface area contributed by atoms with Gasteiger partial charge in [0.15, 0.2) is 5.82 Å². The minimum Gasteiger partial charge on any atom is -0.394 e. The molecule has 3 heterocycles. The molecule has 3 rings (SSSR count). The number of hydrogen-bond donors (Lipinski definition) is 4. The number of nitrogens with one attached hydrogen (secondary N) is 1. The molecule has 0 radical (unpaired) electrons. The number of nitrogens with zero attached hydrogens (tertiary/aromatic N) is 1. The van der Waals surface area contributed by atoms with E-state index in [0.717, 1.165) is 6.07 Å². The van der Waals surface area contributed by atoms with Crippen molar-refractivity contribution in [2.45, 2.75) is 24.4 Å². The summed E-state index contributed by atoms with van der Waals surface area (Å²) in [5, 5.41) is 28.8. The smallest absolute Gasteiger partial charge is 0.255 e. The lowest BCUT2D eigenvalue weighted by molar-refractivity contribution is -0.0231. The highest BCUT2D eigenvalue weighted by molar-refractivity contribution is 5.75. The second-order valence-electron chi connectivity index (χ2n) is 5.01. The van der Waals surface area contributed by atoms with Crippen LogP contribution in [0.25, 0.3) is 11.0 Å². The van der Waals surface area contributed by atoms with Crippen molar-refractivity contribution in [1.82, 2.24) is 9.97 Å². The third kappa shape index (κ3) is 2.28. The highest BCUT2D eigenvalue weighted by Gasteiger charge is 2.44. The maximum atomic E-state index is 13.2. The highest BCUT2D eigenvalue weighted by atomic mass is 19.2. The van der Waals surface area contributed by atoms with Crippen LogP contribution < -0.4 is 5.56 Å². The Hall–Kier alpha value is -1.94. The Kier molecular flexibility index (Phi) is 3.65. The number of aromatic nitrogens is 2. The van der Waals surface area contributed by atoms with Crippen LogP contribution in [-0.4, -0.2) is 50.2 Å². The van der Waals surface area contributed by atoms with Crippen LogP contribution in [-0.2, 0) is 4.74 Å². The molecule has 2 aromatic rings. The fourth-order valence-electron chi connectivity index (χ4n) is 2.47. The number of aliphatic hydroxyl groups excluding tert-OH is 3. The van der Waals surface area contributed by atoms with Gasteiger partial charge in [-0.05, 0) is 12.1 Å². The first-order valence-electron chi connectivity index (χ1n) is 6.43. The predicted octanol–water partition coefficient (Wildman–Crippen LogP) is -0.645. The van der Waals surface area contributed by atoms with Crippen molar-refractivity contribution < 1.29 is 28.8 Å². The molecule has 1 aliphatic rings. The van der Waals surface area contributed by atoms with Crippen LogP contribution in [0.4, 0.5) is 8.78 Å². The van der Waals surface area contributed by atoms with Crippen LogP contribution in [0, 0.1) is 11.8 Å². The van der Waals surface area contributed by atoms with E-state index in [2.05, 4.69) is 9.97 Å². The highest BCUT2D eigenvalue weighted by Crippen LogP contribution is 2.32. The Morgan fingerprint density at radius 3 is 2.64 bits per heavy atom. The molecule has 1 saturated heterocycles. The van der Waals surface area contributed by atoms with Crippen molar-refractivity contribution in [3.8, 4) is 0 Å². The van der Waals surface area contributed by atoms with Crippen LogP contribution in [0.5, 0.6) is 0 Å². The zero-order valence-electron chi connectivity index (χ0n) is 11.0. The number of halogens is 2. The quantitative estimate of drug-likeness (QED) is 0.548. The van der Waals surface area contributed by atoms with Crippen molar-refractivity contribution in [2.24, 2.45) is 0 Å². The number of ether oxygens (including phenoxy) is 1. The molecule has 0 aromatic carbocycles. The van der Waals surface area contributed by atoms with E-state index in [-0.39, 0.29) is 16.6 Å². The molecule has 4 atom stereocenters. The summed E-state index contributed by atoms with van der Waals surface area (Å²) in [6.07, 6.45) is -5.05.